The van der Waals surface area contributed by atoms with Gasteiger partial charge in [-0.1, -0.05) is 29.8 Å². The van der Waals surface area contributed by atoms with Crippen molar-refractivity contribution in [2.75, 3.05) is 18.1 Å². The third-order valence-electron chi connectivity index (χ3n) is 3.11. The number of rotatable bonds is 4. The number of hydrogen-bond acceptors (Lipinski definition) is 3. The predicted molar refractivity (Wildman–Crippen MR) is 80.6 cm³/mol. The van der Waals surface area contributed by atoms with Crippen molar-refractivity contribution < 1.29 is 14.3 Å². The second kappa shape index (κ2) is 6.39. The molecule has 1 aliphatic rings. The fraction of sp³-hybridized carbons (Fsp3) is 0.467. The van der Waals surface area contributed by atoms with Crippen molar-refractivity contribution in [2.45, 2.75) is 26.7 Å². The molecule has 5 heteroatoms. The van der Waals surface area contributed by atoms with Crippen LogP contribution < -0.4 is 4.90 Å². The predicted octanol–water partition coefficient (Wildman–Crippen LogP) is 2.93. The molecule has 0 aliphatic carbocycles. The number of nitrogens with zero attached hydrogens (tertiary/aromatic N) is 1. The van der Waals surface area contributed by atoms with Gasteiger partial charge in [-0.2, -0.15) is 0 Å². The molecule has 0 aromatic heterocycles. The molecule has 0 N–H and O–H groups in total. The van der Waals surface area contributed by atoms with E-state index in [1.807, 2.05) is 32.0 Å². The van der Waals surface area contributed by atoms with Crippen LogP contribution in [0.4, 0.5) is 5.69 Å². The van der Waals surface area contributed by atoms with Crippen LogP contribution in [0.1, 0.15) is 25.8 Å². The number of amides is 1. The minimum Gasteiger partial charge on any atom is -0.464 e. The molecule has 4 nitrogen and oxygen atoms in total. The molecule has 0 atom stereocenters. The number of esters is 1. The van der Waals surface area contributed by atoms with E-state index in [9.17, 15) is 9.59 Å². The lowest BCUT2D eigenvalue weighted by molar-refractivity contribution is -0.144. The smallest absolute Gasteiger partial charge is 0.326 e. The number of aryl methyl sites for hydroxylation is 1. The molecule has 1 amide bonds. The lowest BCUT2D eigenvalue weighted by atomic mass is 10.0. The molecule has 0 unspecified atom stereocenters. The van der Waals surface area contributed by atoms with E-state index in [2.05, 4.69) is 15.9 Å². The number of anilines is 1. The highest BCUT2D eigenvalue weighted by molar-refractivity contribution is 9.10. The van der Waals surface area contributed by atoms with Crippen LogP contribution in [-0.2, 0) is 20.7 Å². The molecule has 0 spiro atoms. The van der Waals surface area contributed by atoms with Crippen LogP contribution in [0.25, 0.3) is 0 Å². The van der Waals surface area contributed by atoms with Gasteiger partial charge in [-0.3, -0.25) is 9.59 Å². The SMILES string of the molecule is CC(C)COC(=O)CN1C(=O)CCc2cc(Br)ccc21. The van der Waals surface area contributed by atoms with E-state index in [1.165, 1.54) is 4.90 Å². The van der Waals surface area contributed by atoms with Gasteiger partial charge in [0.25, 0.3) is 0 Å². The molecule has 20 heavy (non-hydrogen) atoms. The highest BCUT2D eigenvalue weighted by atomic mass is 79.9. The van der Waals surface area contributed by atoms with Crippen LogP contribution >= 0.6 is 15.9 Å². The summed E-state index contributed by atoms with van der Waals surface area (Å²) in [6, 6.07) is 5.74. The summed E-state index contributed by atoms with van der Waals surface area (Å²) >= 11 is 3.42. The Morgan fingerprint density at radius 3 is 2.85 bits per heavy atom. The van der Waals surface area contributed by atoms with Gasteiger partial charge >= 0.3 is 5.97 Å². The van der Waals surface area contributed by atoms with Crippen molar-refractivity contribution in [2.24, 2.45) is 5.92 Å². The molecule has 1 aromatic rings. The average molecular weight is 340 g/mol. The van der Waals surface area contributed by atoms with Gasteiger partial charge in [0, 0.05) is 16.6 Å². The highest BCUT2D eigenvalue weighted by Crippen LogP contribution is 2.30. The first-order chi connectivity index (χ1) is 9.47. The molecule has 1 aliphatic heterocycles. The molecule has 0 fully saturated rings. The molecule has 2 rings (SSSR count). The quantitative estimate of drug-likeness (QED) is 0.792. The average Bonchev–Trinajstić information content (AvgIpc) is 2.39. The molecular formula is C15H18BrNO3. The third-order valence-corrected chi connectivity index (χ3v) is 3.60. The first-order valence-corrected chi connectivity index (χ1v) is 7.51. The van der Waals surface area contributed by atoms with Crippen LogP contribution in [-0.4, -0.2) is 25.0 Å². The Morgan fingerprint density at radius 2 is 2.15 bits per heavy atom. The maximum atomic E-state index is 12.0. The van der Waals surface area contributed by atoms with Gasteiger partial charge in [-0.25, -0.2) is 0 Å². The Morgan fingerprint density at radius 1 is 1.40 bits per heavy atom. The number of carbonyl (C=O) groups excluding carboxylic acids is 2. The minimum atomic E-state index is -0.359. The summed E-state index contributed by atoms with van der Waals surface area (Å²) in [5, 5.41) is 0. The zero-order chi connectivity index (χ0) is 14.7. The topological polar surface area (TPSA) is 46.6 Å². The van der Waals surface area contributed by atoms with Crippen LogP contribution in [0.5, 0.6) is 0 Å². The summed E-state index contributed by atoms with van der Waals surface area (Å²) in [4.78, 5) is 25.4. The van der Waals surface area contributed by atoms with E-state index in [4.69, 9.17) is 4.74 Å². The van der Waals surface area contributed by atoms with Crippen LogP contribution in [0.3, 0.4) is 0 Å². The third kappa shape index (κ3) is 3.60. The maximum Gasteiger partial charge on any atom is 0.326 e. The molecule has 1 heterocycles. The Bertz CT molecular complexity index is 528. The lowest BCUT2D eigenvalue weighted by Gasteiger charge is -2.28. The van der Waals surface area contributed by atoms with Crippen LogP contribution in [0, 0.1) is 5.92 Å². The highest BCUT2D eigenvalue weighted by Gasteiger charge is 2.26. The first kappa shape index (κ1) is 15.0. The number of carbonyl (C=O) groups is 2. The molecule has 0 radical (unpaired) electrons. The van der Waals surface area contributed by atoms with Crippen molar-refractivity contribution in [1.29, 1.82) is 0 Å². The Labute approximate surface area is 127 Å². The van der Waals surface area contributed by atoms with Gasteiger partial charge in [0.1, 0.15) is 6.54 Å². The van der Waals surface area contributed by atoms with Crippen molar-refractivity contribution >= 4 is 33.5 Å². The standard InChI is InChI=1S/C15H18BrNO3/c1-10(2)9-20-15(19)8-17-13-5-4-12(16)7-11(13)3-6-14(17)18/h4-5,7,10H,3,6,8-9H2,1-2H3. The number of benzene rings is 1. The van der Waals surface area contributed by atoms with Crippen LogP contribution in [0.15, 0.2) is 22.7 Å². The molecule has 0 saturated heterocycles. The molecule has 108 valence electrons. The summed E-state index contributed by atoms with van der Waals surface area (Å²) in [6.45, 7) is 4.33. The molecule has 0 saturated carbocycles. The summed E-state index contributed by atoms with van der Waals surface area (Å²) in [5.41, 5.74) is 1.89. The minimum absolute atomic E-state index is 0.0137. The summed E-state index contributed by atoms with van der Waals surface area (Å²) in [7, 11) is 0. The lowest BCUT2D eigenvalue weighted by Crippen LogP contribution is -2.39. The van der Waals surface area contributed by atoms with E-state index >= 15 is 0 Å². The Kier molecular flexibility index (Phi) is 4.81. The molecule has 0 bridgehead atoms. The van der Waals surface area contributed by atoms with Crippen molar-refractivity contribution in [3.63, 3.8) is 0 Å². The Balaban J connectivity index is 2.11. The second-order valence-electron chi connectivity index (χ2n) is 5.33. The van der Waals surface area contributed by atoms with Crippen molar-refractivity contribution in [3.8, 4) is 0 Å². The van der Waals surface area contributed by atoms with E-state index in [-0.39, 0.29) is 18.4 Å². The summed E-state index contributed by atoms with van der Waals surface area (Å²) in [6.07, 6.45) is 1.14. The van der Waals surface area contributed by atoms with Gasteiger partial charge in [0.05, 0.1) is 6.61 Å². The number of fused-ring (bicyclic) bond motifs is 1. The first-order valence-electron chi connectivity index (χ1n) is 6.72. The second-order valence-corrected chi connectivity index (χ2v) is 6.25. The number of ether oxygens (including phenoxy) is 1. The van der Waals surface area contributed by atoms with Gasteiger partial charge in [-0.15, -0.1) is 0 Å². The van der Waals surface area contributed by atoms with Crippen LogP contribution in [0.2, 0.25) is 0 Å². The largest absolute Gasteiger partial charge is 0.464 e. The van der Waals surface area contributed by atoms with Gasteiger partial charge in [-0.05, 0) is 36.1 Å². The zero-order valence-electron chi connectivity index (χ0n) is 11.7. The summed E-state index contributed by atoms with van der Waals surface area (Å²) < 4.78 is 6.13. The van der Waals surface area contributed by atoms with Crippen molar-refractivity contribution in [1.82, 2.24) is 0 Å². The summed E-state index contributed by atoms with van der Waals surface area (Å²) in [5.74, 6) is -0.0941. The van der Waals surface area contributed by atoms with E-state index in [0.29, 0.717) is 25.4 Å². The van der Waals surface area contributed by atoms with E-state index < -0.39 is 0 Å². The fourth-order valence-electron chi connectivity index (χ4n) is 2.14. The molecular weight excluding hydrogens is 322 g/mol. The van der Waals surface area contributed by atoms with E-state index in [0.717, 1.165) is 15.7 Å². The molecule has 1 aromatic carbocycles. The van der Waals surface area contributed by atoms with Crippen molar-refractivity contribution in [3.05, 3.63) is 28.2 Å². The maximum absolute atomic E-state index is 12.0. The zero-order valence-corrected chi connectivity index (χ0v) is 13.3. The normalized spacial score (nSPS) is 14.4. The fourth-order valence-corrected chi connectivity index (χ4v) is 2.54. The monoisotopic (exact) mass is 339 g/mol. The van der Waals surface area contributed by atoms with Gasteiger partial charge in [0.15, 0.2) is 0 Å². The van der Waals surface area contributed by atoms with Gasteiger partial charge < -0.3 is 9.64 Å². The number of hydrogen-bond donors (Lipinski definition) is 0. The van der Waals surface area contributed by atoms with Gasteiger partial charge in [0.2, 0.25) is 5.91 Å². The Hall–Kier alpha value is -1.36. The van der Waals surface area contributed by atoms with E-state index in [1.54, 1.807) is 0 Å². The number of halogens is 1.